The summed E-state index contributed by atoms with van der Waals surface area (Å²) in [5, 5.41) is 4.39. The fourth-order valence-electron chi connectivity index (χ4n) is 2.40. The van der Waals surface area contributed by atoms with Crippen molar-refractivity contribution < 1.29 is 4.42 Å². The van der Waals surface area contributed by atoms with E-state index in [9.17, 15) is 4.79 Å². The highest BCUT2D eigenvalue weighted by molar-refractivity contribution is 5.50. The Kier molecular flexibility index (Phi) is 3.90. The zero-order valence-electron chi connectivity index (χ0n) is 13.6. The molecular weight excluding hydrogens is 288 g/mol. The van der Waals surface area contributed by atoms with Crippen LogP contribution in [-0.2, 0) is 12.0 Å². The first kappa shape index (κ1) is 15.3. The highest BCUT2D eigenvalue weighted by atomic mass is 16.3. The van der Waals surface area contributed by atoms with Crippen LogP contribution in [0.2, 0.25) is 0 Å². The monoisotopic (exact) mass is 308 g/mol. The van der Waals surface area contributed by atoms with Gasteiger partial charge in [0, 0.05) is 6.07 Å². The Morgan fingerprint density at radius 3 is 2.39 bits per heavy atom. The normalized spacial score (nSPS) is 11.6. The standard InChI is InChI=1S/C19H20N2O2/c1-19(2,3)15-8-6-14(7-9-15)13-21-18(22)11-10-16(20-21)17-5-4-12-23-17/h4-12H,13H2,1-3H3. The summed E-state index contributed by atoms with van der Waals surface area (Å²) in [7, 11) is 0. The van der Waals surface area contributed by atoms with Crippen molar-refractivity contribution in [3.8, 4) is 11.5 Å². The number of rotatable bonds is 3. The van der Waals surface area contributed by atoms with Gasteiger partial charge in [0.1, 0.15) is 5.69 Å². The molecule has 0 aliphatic rings. The second kappa shape index (κ2) is 5.88. The number of aromatic nitrogens is 2. The van der Waals surface area contributed by atoms with Crippen LogP contribution < -0.4 is 5.56 Å². The van der Waals surface area contributed by atoms with Gasteiger partial charge in [-0.1, -0.05) is 45.0 Å². The summed E-state index contributed by atoms with van der Waals surface area (Å²) in [5.41, 5.74) is 2.96. The van der Waals surface area contributed by atoms with Crippen LogP contribution in [-0.4, -0.2) is 9.78 Å². The van der Waals surface area contributed by atoms with Gasteiger partial charge in [-0.05, 0) is 34.7 Å². The van der Waals surface area contributed by atoms with Crippen LogP contribution in [0, 0.1) is 0 Å². The SMILES string of the molecule is CC(C)(C)c1ccc(Cn2nc(-c3ccco3)ccc2=O)cc1. The lowest BCUT2D eigenvalue weighted by molar-refractivity contribution is 0.569. The fourth-order valence-corrected chi connectivity index (χ4v) is 2.40. The van der Waals surface area contributed by atoms with Gasteiger partial charge in [-0.15, -0.1) is 0 Å². The van der Waals surface area contributed by atoms with E-state index in [1.165, 1.54) is 16.3 Å². The molecule has 4 nitrogen and oxygen atoms in total. The van der Waals surface area contributed by atoms with E-state index in [2.05, 4.69) is 38.0 Å². The van der Waals surface area contributed by atoms with E-state index < -0.39 is 0 Å². The maximum Gasteiger partial charge on any atom is 0.267 e. The summed E-state index contributed by atoms with van der Waals surface area (Å²) in [6.07, 6.45) is 1.59. The van der Waals surface area contributed by atoms with Crippen LogP contribution in [0.3, 0.4) is 0 Å². The van der Waals surface area contributed by atoms with E-state index >= 15 is 0 Å². The average molecular weight is 308 g/mol. The van der Waals surface area contributed by atoms with Gasteiger partial charge in [0.05, 0.1) is 12.8 Å². The molecule has 0 radical (unpaired) electrons. The molecule has 0 aliphatic carbocycles. The van der Waals surface area contributed by atoms with E-state index in [1.54, 1.807) is 18.4 Å². The van der Waals surface area contributed by atoms with Crippen LogP contribution >= 0.6 is 0 Å². The van der Waals surface area contributed by atoms with Crippen LogP contribution in [0.4, 0.5) is 0 Å². The maximum atomic E-state index is 12.0. The van der Waals surface area contributed by atoms with Gasteiger partial charge < -0.3 is 4.42 Å². The van der Waals surface area contributed by atoms with Gasteiger partial charge in [0.15, 0.2) is 5.76 Å². The molecule has 0 N–H and O–H groups in total. The summed E-state index contributed by atoms with van der Waals surface area (Å²) in [4.78, 5) is 12.0. The van der Waals surface area contributed by atoms with Crippen molar-refractivity contribution in [1.29, 1.82) is 0 Å². The molecule has 0 saturated carbocycles. The largest absolute Gasteiger partial charge is 0.463 e. The highest BCUT2D eigenvalue weighted by Gasteiger charge is 2.13. The van der Waals surface area contributed by atoms with Gasteiger partial charge in [0.25, 0.3) is 5.56 Å². The van der Waals surface area contributed by atoms with Crippen LogP contribution in [0.25, 0.3) is 11.5 Å². The molecule has 0 atom stereocenters. The molecule has 23 heavy (non-hydrogen) atoms. The van der Waals surface area contributed by atoms with Crippen molar-refractivity contribution in [1.82, 2.24) is 9.78 Å². The summed E-state index contributed by atoms with van der Waals surface area (Å²) in [5.74, 6) is 0.654. The van der Waals surface area contributed by atoms with Crippen molar-refractivity contribution >= 4 is 0 Å². The molecule has 0 fully saturated rings. The van der Waals surface area contributed by atoms with Crippen LogP contribution in [0.1, 0.15) is 31.9 Å². The third-order valence-electron chi connectivity index (χ3n) is 3.79. The molecule has 2 aromatic heterocycles. The topological polar surface area (TPSA) is 48.0 Å². The van der Waals surface area contributed by atoms with Gasteiger partial charge in [-0.3, -0.25) is 4.79 Å². The van der Waals surface area contributed by atoms with Crippen molar-refractivity contribution in [2.75, 3.05) is 0 Å². The lowest BCUT2D eigenvalue weighted by Crippen LogP contribution is -2.22. The zero-order chi connectivity index (χ0) is 16.4. The second-order valence-electron chi connectivity index (χ2n) is 6.64. The lowest BCUT2D eigenvalue weighted by Gasteiger charge is -2.19. The Morgan fingerprint density at radius 1 is 1.04 bits per heavy atom. The van der Waals surface area contributed by atoms with E-state index in [1.807, 2.05) is 18.2 Å². The molecular formula is C19H20N2O2. The third-order valence-corrected chi connectivity index (χ3v) is 3.79. The first-order valence-corrected chi connectivity index (χ1v) is 7.65. The number of nitrogens with zero attached hydrogens (tertiary/aromatic N) is 2. The fraction of sp³-hybridized carbons (Fsp3) is 0.263. The summed E-state index contributed by atoms with van der Waals surface area (Å²) in [6, 6.07) is 15.2. The average Bonchev–Trinajstić information content (AvgIpc) is 3.03. The molecule has 0 amide bonds. The highest BCUT2D eigenvalue weighted by Crippen LogP contribution is 2.22. The van der Waals surface area contributed by atoms with Crippen molar-refractivity contribution in [3.05, 3.63) is 76.3 Å². The number of hydrogen-bond donors (Lipinski definition) is 0. The Hall–Kier alpha value is -2.62. The number of hydrogen-bond acceptors (Lipinski definition) is 3. The number of furan rings is 1. The van der Waals surface area contributed by atoms with Crippen LogP contribution in [0.15, 0.2) is 64.0 Å². The molecule has 3 aromatic rings. The molecule has 3 rings (SSSR count). The molecule has 118 valence electrons. The minimum atomic E-state index is -0.125. The molecule has 0 spiro atoms. The third kappa shape index (κ3) is 3.42. The Morgan fingerprint density at radius 2 is 1.78 bits per heavy atom. The minimum absolute atomic E-state index is 0.118. The lowest BCUT2D eigenvalue weighted by atomic mass is 9.87. The summed E-state index contributed by atoms with van der Waals surface area (Å²) < 4.78 is 6.80. The Bertz CT molecular complexity index is 838. The van der Waals surface area contributed by atoms with E-state index in [4.69, 9.17) is 4.42 Å². The quantitative estimate of drug-likeness (QED) is 0.738. The summed E-state index contributed by atoms with van der Waals surface area (Å²) in [6.45, 7) is 6.99. The molecule has 4 heteroatoms. The Balaban J connectivity index is 1.88. The molecule has 0 unspecified atom stereocenters. The predicted molar refractivity (Wildman–Crippen MR) is 90.4 cm³/mol. The van der Waals surface area contributed by atoms with Crippen molar-refractivity contribution in [2.45, 2.75) is 32.7 Å². The molecule has 2 heterocycles. The molecule has 0 bridgehead atoms. The molecule has 0 saturated heterocycles. The summed E-state index contributed by atoms with van der Waals surface area (Å²) >= 11 is 0. The van der Waals surface area contributed by atoms with Crippen LogP contribution in [0.5, 0.6) is 0 Å². The van der Waals surface area contributed by atoms with E-state index in [0.717, 1.165) is 5.56 Å². The second-order valence-corrected chi connectivity index (χ2v) is 6.64. The minimum Gasteiger partial charge on any atom is -0.463 e. The van der Waals surface area contributed by atoms with Crippen molar-refractivity contribution in [3.63, 3.8) is 0 Å². The van der Waals surface area contributed by atoms with Gasteiger partial charge >= 0.3 is 0 Å². The predicted octanol–water partition coefficient (Wildman–Crippen LogP) is 3.85. The smallest absolute Gasteiger partial charge is 0.267 e. The molecule has 1 aromatic carbocycles. The number of benzene rings is 1. The van der Waals surface area contributed by atoms with Gasteiger partial charge in [0.2, 0.25) is 0 Å². The van der Waals surface area contributed by atoms with Gasteiger partial charge in [-0.2, -0.15) is 5.10 Å². The van der Waals surface area contributed by atoms with Gasteiger partial charge in [-0.25, -0.2) is 4.68 Å². The maximum absolute atomic E-state index is 12.0. The first-order chi connectivity index (χ1) is 10.9. The molecule has 0 aliphatic heterocycles. The zero-order valence-corrected chi connectivity index (χ0v) is 13.6. The van der Waals surface area contributed by atoms with E-state index in [-0.39, 0.29) is 11.0 Å². The first-order valence-electron chi connectivity index (χ1n) is 7.65. The van der Waals surface area contributed by atoms with Crippen molar-refractivity contribution in [2.24, 2.45) is 0 Å². The van der Waals surface area contributed by atoms with E-state index in [0.29, 0.717) is 18.0 Å². The Labute approximate surface area is 135 Å².